The van der Waals surface area contributed by atoms with Gasteiger partial charge in [-0.1, -0.05) is 17.7 Å². The molecule has 2 fully saturated rings. The van der Waals surface area contributed by atoms with E-state index >= 15 is 0 Å². The number of piperazine rings is 1. The van der Waals surface area contributed by atoms with Crippen molar-refractivity contribution in [2.24, 2.45) is 5.92 Å². The Morgan fingerprint density at radius 3 is 2.38 bits per heavy atom. The Hall–Kier alpha value is -2.41. The minimum Gasteiger partial charge on any atom is -0.358 e. The quantitative estimate of drug-likeness (QED) is 0.837. The van der Waals surface area contributed by atoms with Crippen molar-refractivity contribution in [3.05, 3.63) is 29.8 Å². The molecule has 2 heterocycles. The zero-order chi connectivity index (χ0) is 18.7. The smallest absolute Gasteiger partial charge is 0.233 e. The predicted molar refractivity (Wildman–Crippen MR) is 98.7 cm³/mol. The first-order chi connectivity index (χ1) is 12.5. The number of hydrogen-bond donors (Lipinski definition) is 1. The molecular formula is C19H26N4O3. The van der Waals surface area contributed by atoms with Gasteiger partial charge in [0.05, 0.1) is 12.5 Å². The minimum atomic E-state index is -0.283. The van der Waals surface area contributed by atoms with Gasteiger partial charge in [0.2, 0.25) is 17.7 Å². The van der Waals surface area contributed by atoms with E-state index in [2.05, 4.69) is 5.32 Å². The average Bonchev–Trinajstić information content (AvgIpc) is 3.04. The third-order valence-electron chi connectivity index (χ3n) is 5.15. The van der Waals surface area contributed by atoms with Gasteiger partial charge in [-0.2, -0.15) is 0 Å². The van der Waals surface area contributed by atoms with E-state index in [1.54, 1.807) is 11.9 Å². The van der Waals surface area contributed by atoms with Crippen molar-refractivity contribution < 1.29 is 14.4 Å². The Bertz CT molecular complexity index is 681. The summed E-state index contributed by atoms with van der Waals surface area (Å²) in [7, 11) is 1.62. The van der Waals surface area contributed by atoms with Gasteiger partial charge in [-0.15, -0.1) is 0 Å². The molecule has 0 spiro atoms. The lowest BCUT2D eigenvalue weighted by molar-refractivity contribution is -0.137. The molecule has 1 N–H and O–H groups in total. The largest absolute Gasteiger partial charge is 0.358 e. The molecule has 3 amide bonds. The summed E-state index contributed by atoms with van der Waals surface area (Å²) >= 11 is 0. The number of amides is 3. The van der Waals surface area contributed by atoms with Gasteiger partial charge in [0.25, 0.3) is 0 Å². The monoisotopic (exact) mass is 358 g/mol. The predicted octanol–water partition coefficient (Wildman–Crippen LogP) is 0.238. The molecule has 26 heavy (non-hydrogen) atoms. The van der Waals surface area contributed by atoms with Gasteiger partial charge < -0.3 is 15.1 Å². The van der Waals surface area contributed by atoms with E-state index in [1.807, 2.05) is 41.0 Å². The zero-order valence-corrected chi connectivity index (χ0v) is 15.4. The third-order valence-corrected chi connectivity index (χ3v) is 5.15. The minimum absolute atomic E-state index is 0.00505. The lowest BCUT2D eigenvalue weighted by atomic mass is 10.1. The molecule has 1 atom stereocenters. The van der Waals surface area contributed by atoms with Crippen molar-refractivity contribution in [2.45, 2.75) is 13.3 Å². The molecule has 7 nitrogen and oxygen atoms in total. The first kappa shape index (κ1) is 18.4. The van der Waals surface area contributed by atoms with Crippen LogP contribution in [0.15, 0.2) is 24.3 Å². The molecule has 3 rings (SSSR count). The molecule has 2 aliphatic rings. The Morgan fingerprint density at radius 2 is 1.77 bits per heavy atom. The zero-order valence-electron chi connectivity index (χ0n) is 15.4. The van der Waals surface area contributed by atoms with Gasteiger partial charge in [-0.3, -0.25) is 19.3 Å². The fraction of sp³-hybridized carbons (Fsp3) is 0.526. The van der Waals surface area contributed by atoms with Gasteiger partial charge >= 0.3 is 0 Å². The maximum Gasteiger partial charge on any atom is 0.233 e. The Balaban J connectivity index is 1.55. The topological polar surface area (TPSA) is 73.0 Å². The second-order valence-electron chi connectivity index (χ2n) is 7.02. The standard InChI is InChI=1S/C19H26N4O3/c1-14-3-5-16(6-4-14)23-12-15(11-18(23)25)19(26)22-9-7-21(8-10-22)13-17(24)20-2/h3-6,15H,7-13H2,1-2H3,(H,20,24). The average molecular weight is 358 g/mol. The van der Waals surface area contributed by atoms with Gasteiger partial charge in [0, 0.05) is 51.9 Å². The highest BCUT2D eigenvalue weighted by molar-refractivity contribution is 6.00. The van der Waals surface area contributed by atoms with Crippen LogP contribution in [0.5, 0.6) is 0 Å². The number of benzene rings is 1. The molecule has 0 radical (unpaired) electrons. The fourth-order valence-corrected chi connectivity index (χ4v) is 3.51. The fourth-order valence-electron chi connectivity index (χ4n) is 3.51. The molecule has 7 heteroatoms. The number of rotatable bonds is 4. The summed E-state index contributed by atoms with van der Waals surface area (Å²) in [6.45, 7) is 5.38. The van der Waals surface area contributed by atoms with Crippen LogP contribution in [0.1, 0.15) is 12.0 Å². The summed E-state index contributed by atoms with van der Waals surface area (Å²) in [6.07, 6.45) is 0.269. The van der Waals surface area contributed by atoms with Crippen LogP contribution in [0, 0.1) is 12.8 Å². The molecule has 2 saturated heterocycles. The van der Waals surface area contributed by atoms with Crippen LogP contribution in [-0.4, -0.2) is 73.8 Å². The van der Waals surface area contributed by atoms with Gasteiger partial charge in [-0.05, 0) is 19.1 Å². The molecule has 2 aliphatic heterocycles. The second-order valence-corrected chi connectivity index (χ2v) is 7.02. The van der Waals surface area contributed by atoms with Crippen LogP contribution >= 0.6 is 0 Å². The van der Waals surface area contributed by atoms with Crippen molar-refractivity contribution in [3.8, 4) is 0 Å². The van der Waals surface area contributed by atoms with Crippen molar-refractivity contribution in [2.75, 3.05) is 51.2 Å². The Labute approximate surface area is 153 Å². The number of carbonyl (C=O) groups is 3. The molecule has 0 bridgehead atoms. The number of nitrogens with zero attached hydrogens (tertiary/aromatic N) is 3. The summed E-state index contributed by atoms with van der Waals surface area (Å²) in [6, 6.07) is 7.81. The molecular weight excluding hydrogens is 332 g/mol. The Kier molecular flexibility index (Phi) is 5.56. The normalized spacial score (nSPS) is 21.2. The summed E-state index contributed by atoms with van der Waals surface area (Å²) in [5.41, 5.74) is 1.99. The number of carbonyl (C=O) groups excluding carboxylic acids is 3. The number of likely N-dealkylation sites (N-methyl/N-ethyl adjacent to an activating group) is 1. The first-order valence-electron chi connectivity index (χ1n) is 9.06. The molecule has 0 saturated carbocycles. The second kappa shape index (κ2) is 7.86. The number of anilines is 1. The van der Waals surface area contributed by atoms with Crippen molar-refractivity contribution in [1.82, 2.24) is 15.1 Å². The highest BCUT2D eigenvalue weighted by Gasteiger charge is 2.37. The van der Waals surface area contributed by atoms with E-state index in [1.165, 1.54) is 0 Å². The van der Waals surface area contributed by atoms with E-state index in [0.29, 0.717) is 39.3 Å². The molecule has 0 aromatic heterocycles. The highest BCUT2D eigenvalue weighted by atomic mass is 16.2. The van der Waals surface area contributed by atoms with E-state index in [0.717, 1.165) is 11.3 Å². The van der Waals surface area contributed by atoms with Gasteiger partial charge in [-0.25, -0.2) is 0 Å². The van der Waals surface area contributed by atoms with E-state index in [-0.39, 0.29) is 30.1 Å². The van der Waals surface area contributed by atoms with Crippen LogP contribution in [0.2, 0.25) is 0 Å². The lowest BCUT2D eigenvalue weighted by Gasteiger charge is -2.35. The maximum atomic E-state index is 12.8. The van der Waals surface area contributed by atoms with E-state index in [4.69, 9.17) is 0 Å². The van der Waals surface area contributed by atoms with E-state index in [9.17, 15) is 14.4 Å². The van der Waals surface area contributed by atoms with Crippen LogP contribution in [0.25, 0.3) is 0 Å². The molecule has 1 unspecified atom stereocenters. The SMILES string of the molecule is CNC(=O)CN1CCN(C(=O)C2CC(=O)N(c3ccc(C)cc3)C2)CC1. The van der Waals surface area contributed by atoms with Crippen molar-refractivity contribution in [3.63, 3.8) is 0 Å². The third kappa shape index (κ3) is 4.04. The molecule has 1 aromatic rings. The van der Waals surface area contributed by atoms with Gasteiger partial charge in [0.1, 0.15) is 0 Å². The highest BCUT2D eigenvalue weighted by Crippen LogP contribution is 2.26. The van der Waals surface area contributed by atoms with Crippen LogP contribution in [-0.2, 0) is 14.4 Å². The summed E-state index contributed by atoms with van der Waals surface area (Å²) in [5.74, 6) is -0.243. The first-order valence-corrected chi connectivity index (χ1v) is 9.06. The molecule has 0 aliphatic carbocycles. The van der Waals surface area contributed by atoms with Gasteiger partial charge in [0.15, 0.2) is 0 Å². The summed E-state index contributed by atoms with van der Waals surface area (Å²) < 4.78 is 0. The molecule has 1 aromatic carbocycles. The van der Waals surface area contributed by atoms with Crippen molar-refractivity contribution >= 4 is 23.4 Å². The molecule has 140 valence electrons. The summed E-state index contributed by atoms with van der Waals surface area (Å²) in [5, 5.41) is 2.62. The van der Waals surface area contributed by atoms with Crippen LogP contribution in [0.3, 0.4) is 0 Å². The maximum absolute atomic E-state index is 12.8. The lowest BCUT2D eigenvalue weighted by Crippen LogP contribution is -2.52. The number of hydrogen-bond acceptors (Lipinski definition) is 4. The van der Waals surface area contributed by atoms with Crippen LogP contribution in [0.4, 0.5) is 5.69 Å². The Morgan fingerprint density at radius 1 is 1.12 bits per heavy atom. The summed E-state index contributed by atoms with van der Waals surface area (Å²) in [4.78, 5) is 42.2. The number of nitrogens with one attached hydrogen (secondary N) is 1. The van der Waals surface area contributed by atoms with E-state index < -0.39 is 0 Å². The van der Waals surface area contributed by atoms with Crippen molar-refractivity contribution in [1.29, 1.82) is 0 Å². The number of aryl methyl sites for hydroxylation is 1. The van der Waals surface area contributed by atoms with Crippen LogP contribution < -0.4 is 10.2 Å².